The number of pyridine rings is 2. The van der Waals surface area contributed by atoms with Crippen molar-refractivity contribution in [2.75, 3.05) is 5.73 Å². The molecule has 2 aromatic heterocycles. The summed E-state index contributed by atoms with van der Waals surface area (Å²) < 4.78 is 75.8. The highest BCUT2D eigenvalue weighted by molar-refractivity contribution is 5.74. The number of aromatic nitrogens is 2. The molecular weight excluding hydrogens is 372 g/mol. The van der Waals surface area contributed by atoms with E-state index in [1.165, 1.54) is 24.3 Å². The molecule has 9 heteroatoms. The zero-order valence-corrected chi connectivity index (χ0v) is 13.4. The molecule has 0 saturated carbocycles. The normalized spacial score (nSPS) is 12.2. The second-order valence-corrected chi connectivity index (χ2v) is 5.70. The number of halogens is 6. The third-order valence-corrected chi connectivity index (χ3v) is 3.73. The van der Waals surface area contributed by atoms with E-state index in [9.17, 15) is 26.3 Å². The maximum absolute atomic E-state index is 12.6. The monoisotopic (exact) mass is 383 g/mol. The van der Waals surface area contributed by atoms with E-state index in [2.05, 4.69) is 9.97 Å². The predicted molar refractivity (Wildman–Crippen MR) is 87.3 cm³/mol. The van der Waals surface area contributed by atoms with Crippen LogP contribution >= 0.6 is 0 Å². The average Bonchev–Trinajstić information content (AvgIpc) is 2.60. The molecule has 0 unspecified atom stereocenters. The molecule has 0 radical (unpaired) electrons. The molecule has 140 valence electrons. The van der Waals surface area contributed by atoms with Crippen molar-refractivity contribution in [3.63, 3.8) is 0 Å². The van der Waals surface area contributed by atoms with Crippen LogP contribution in [0.4, 0.5) is 32.0 Å². The highest BCUT2D eigenvalue weighted by Gasteiger charge is 2.31. The van der Waals surface area contributed by atoms with Crippen LogP contribution in [0.2, 0.25) is 0 Å². The van der Waals surface area contributed by atoms with Crippen molar-refractivity contribution in [2.45, 2.75) is 12.4 Å². The zero-order chi connectivity index (χ0) is 19.8. The van der Waals surface area contributed by atoms with Gasteiger partial charge in [-0.25, -0.2) is 0 Å². The van der Waals surface area contributed by atoms with Gasteiger partial charge in [0.15, 0.2) is 0 Å². The number of hydrogen-bond acceptors (Lipinski definition) is 3. The van der Waals surface area contributed by atoms with E-state index in [0.29, 0.717) is 23.5 Å². The highest BCUT2D eigenvalue weighted by Crippen LogP contribution is 2.33. The van der Waals surface area contributed by atoms with E-state index < -0.39 is 23.5 Å². The first-order valence-electron chi connectivity index (χ1n) is 7.52. The predicted octanol–water partition coefficient (Wildman–Crippen LogP) is 5.43. The van der Waals surface area contributed by atoms with Crippen LogP contribution in [0.15, 0.2) is 54.9 Å². The summed E-state index contributed by atoms with van der Waals surface area (Å²) in [5.74, 6) is 0. The summed E-state index contributed by atoms with van der Waals surface area (Å²) in [5, 5.41) is 0. The largest absolute Gasteiger partial charge is 0.417 e. The summed E-state index contributed by atoms with van der Waals surface area (Å²) in [4.78, 5) is 7.59. The molecule has 27 heavy (non-hydrogen) atoms. The minimum Gasteiger partial charge on any atom is -0.399 e. The first-order valence-corrected chi connectivity index (χ1v) is 7.52. The average molecular weight is 383 g/mol. The zero-order valence-electron chi connectivity index (χ0n) is 13.4. The summed E-state index contributed by atoms with van der Waals surface area (Å²) in [6.45, 7) is 0. The Morgan fingerprint density at radius 3 is 1.33 bits per heavy atom. The molecule has 0 spiro atoms. The molecule has 0 amide bonds. The number of alkyl halides is 6. The topological polar surface area (TPSA) is 51.8 Å². The Hall–Kier alpha value is -3.10. The first-order chi connectivity index (χ1) is 12.5. The molecule has 3 rings (SSSR count). The Bertz CT molecular complexity index is 869. The second kappa shape index (κ2) is 6.57. The molecule has 0 saturated heterocycles. The van der Waals surface area contributed by atoms with Gasteiger partial charge in [-0.05, 0) is 42.5 Å². The van der Waals surface area contributed by atoms with Crippen molar-refractivity contribution in [2.24, 2.45) is 0 Å². The molecule has 0 atom stereocenters. The van der Waals surface area contributed by atoms with Gasteiger partial charge < -0.3 is 5.73 Å². The number of hydrogen-bond donors (Lipinski definition) is 1. The van der Waals surface area contributed by atoms with Gasteiger partial charge in [-0.3, -0.25) is 9.97 Å². The van der Waals surface area contributed by atoms with Crippen LogP contribution in [-0.2, 0) is 12.4 Å². The molecular formula is C18H11F6N3. The number of nitrogens with two attached hydrogens (primary N) is 1. The fraction of sp³-hybridized carbons (Fsp3) is 0.111. The van der Waals surface area contributed by atoms with Gasteiger partial charge in [0, 0.05) is 29.2 Å². The van der Waals surface area contributed by atoms with Crippen LogP contribution in [0, 0.1) is 0 Å². The highest BCUT2D eigenvalue weighted by atomic mass is 19.4. The fourth-order valence-corrected chi connectivity index (χ4v) is 2.41. The van der Waals surface area contributed by atoms with Gasteiger partial charge >= 0.3 is 12.4 Å². The molecule has 0 aliphatic rings. The molecule has 0 aliphatic heterocycles. The number of nitrogen functional groups attached to an aromatic ring is 1. The molecule has 3 nitrogen and oxygen atoms in total. The molecule has 0 aliphatic carbocycles. The number of nitrogens with zero attached hydrogens (tertiary/aromatic N) is 2. The third kappa shape index (κ3) is 4.18. The Morgan fingerprint density at radius 1 is 0.630 bits per heavy atom. The second-order valence-electron chi connectivity index (χ2n) is 5.70. The Labute approximate surface area is 149 Å². The number of rotatable bonds is 2. The van der Waals surface area contributed by atoms with E-state index in [-0.39, 0.29) is 17.1 Å². The van der Waals surface area contributed by atoms with Crippen molar-refractivity contribution in [1.29, 1.82) is 0 Å². The minimum atomic E-state index is -4.50. The number of benzene rings is 1. The van der Waals surface area contributed by atoms with E-state index in [0.717, 1.165) is 12.1 Å². The van der Waals surface area contributed by atoms with Gasteiger partial charge in [0.2, 0.25) is 0 Å². The summed E-state index contributed by atoms with van der Waals surface area (Å²) >= 11 is 0. The SMILES string of the molecule is Nc1cc(-c2ccc(C(F)(F)F)cn2)cc(-c2ccc(C(F)(F)F)cn2)c1. The summed E-state index contributed by atoms with van der Waals surface area (Å²) in [6, 6.07) is 8.72. The standard InChI is InChI=1S/C18H11F6N3/c19-17(20,21)12-1-3-15(26-8-12)10-5-11(7-14(25)6-10)16-4-2-13(9-27-16)18(22,23)24/h1-9H,25H2. The van der Waals surface area contributed by atoms with Crippen molar-refractivity contribution in [3.05, 3.63) is 66.0 Å². The maximum Gasteiger partial charge on any atom is 0.417 e. The van der Waals surface area contributed by atoms with Gasteiger partial charge in [0.05, 0.1) is 22.5 Å². The van der Waals surface area contributed by atoms with Crippen LogP contribution < -0.4 is 5.73 Å². The molecule has 2 heterocycles. The van der Waals surface area contributed by atoms with Gasteiger partial charge in [0.25, 0.3) is 0 Å². The minimum absolute atomic E-state index is 0.239. The van der Waals surface area contributed by atoms with Crippen LogP contribution in [0.1, 0.15) is 11.1 Å². The Morgan fingerprint density at radius 2 is 1.04 bits per heavy atom. The quantitative estimate of drug-likeness (QED) is 0.474. The van der Waals surface area contributed by atoms with Gasteiger partial charge in [-0.1, -0.05) is 0 Å². The van der Waals surface area contributed by atoms with Gasteiger partial charge in [-0.15, -0.1) is 0 Å². The van der Waals surface area contributed by atoms with Crippen molar-refractivity contribution in [3.8, 4) is 22.5 Å². The lowest BCUT2D eigenvalue weighted by atomic mass is 10.0. The Kier molecular flexibility index (Phi) is 4.54. The van der Waals surface area contributed by atoms with Crippen LogP contribution in [-0.4, -0.2) is 9.97 Å². The van der Waals surface area contributed by atoms with Crippen LogP contribution in [0.25, 0.3) is 22.5 Å². The van der Waals surface area contributed by atoms with Crippen molar-refractivity contribution < 1.29 is 26.3 Å². The molecule has 0 fully saturated rings. The van der Waals surface area contributed by atoms with E-state index in [4.69, 9.17) is 5.73 Å². The van der Waals surface area contributed by atoms with Crippen molar-refractivity contribution >= 4 is 5.69 Å². The third-order valence-electron chi connectivity index (χ3n) is 3.73. The van der Waals surface area contributed by atoms with Gasteiger partial charge in [0.1, 0.15) is 0 Å². The van der Waals surface area contributed by atoms with Crippen molar-refractivity contribution in [1.82, 2.24) is 9.97 Å². The van der Waals surface area contributed by atoms with Crippen LogP contribution in [0.3, 0.4) is 0 Å². The molecule has 1 aromatic carbocycles. The lowest BCUT2D eigenvalue weighted by Crippen LogP contribution is -2.05. The molecule has 3 aromatic rings. The summed E-state index contributed by atoms with van der Waals surface area (Å²) in [5.41, 5.74) is 5.62. The summed E-state index contributed by atoms with van der Waals surface area (Å²) in [7, 11) is 0. The van der Waals surface area contributed by atoms with Gasteiger partial charge in [-0.2, -0.15) is 26.3 Å². The fourth-order valence-electron chi connectivity index (χ4n) is 2.41. The Balaban J connectivity index is 1.97. The smallest absolute Gasteiger partial charge is 0.399 e. The number of anilines is 1. The molecule has 0 bridgehead atoms. The molecule has 2 N–H and O–H groups in total. The van der Waals surface area contributed by atoms with E-state index >= 15 is 0 Å². The maximum atomic E-state index is 12.6. The van der Waals surface area contributed by atoms with E-state index in [1.54, 1.807) is 6.07 Å². The lowest BCUT2D eigenvalue weighted by molar-refractivity contribution is -0.138. The summed E-state index contributed by atoms with van der Waals surface area (Å²) in [6.07, 6.45) is -7.60. The van der Waals surface area contributed by atoms with E-state index in [1.807, 2.05) is 0 Å². The lowest BCUT2D eigenvalue weighted by Gasteiger charge is -2.10. The first kappa shape index (κ1) is 18.7. The van der Waals surface area contributed by atoms with Crippen LogP contribution in [0.5, 0.6) is 0 Å².